The predicted molar refractivity (Wildman–Crippen MR) is 89.9 cm³/mol. The molecule has 132 valence electrons. The highest BCUT2D eigenvalue weighted by Crippen LogP contribution is 2.27. The van der Waals surface area contributed by atoms with E-state index < -0.39 is 0 Å². The van der Waals surface area contributed by atoms with E-state index in [4.69, 9.17) is 9.47 Å². The third-order valence-electron chi connectivity index (χ3n) is 3.89. The van der Waals surface area contributed by atoms with Crippen molar-refractivity contribution in [2.45, 2.75) is 18.9 Å². The SMILES string of the molecule is COCCOCC(C)NC(=O)[C@H]1CNC[C@@H]1c1cnn(C)c1.Cl. The van der Waals surface area contributed by atoms with E-state index in [0.717, 1.165) is 12.1 Å². The van der Waals surface area contributed by atoms with Gasteiger partial charge in [0.2, 0.25) is 5.91 Å². The molecule has 0 aromatic carbocycles. The number of rotatable bonds is 8. The molecule has 1 fully saturated rings. The van der Waals surface area contributed by atoms with E-state index in [1.165, 1.54) is 0 Å². The van der Waals surface area contributed by atoms with E-state index in [0.29, 0.717) is 26.4 Å². The number of carbonyl (C=O) groups excluding carboxylic acids is 1. The van der Waals surface area contributed by atoms with Crippen LogP contribution in [0.1, 0.15) is 18.4 Å². The topological polar surface area (TPSA) is 77.4 Å². The van der Waals surface area contributed by atoms with Gasteiger partial charge in [-0.2, -0.15) is 5.10 Å². The third-order valence-corrected chi connectivity index (χ3v) is 3.89. The first-order valence-corrected chi connectivity index (χ1v) is 7.68. The smallest absolute Gasteiger partial charge is 0.225 e. The molecule has 2 heterocycles. The van der Waals surface area contributed by atoms with Crippen molar-refractivity contribution in [1.29, 1.82) is 0 Å². The molecule has 0 bridgehead atoms. The number of amides is 1. The Kier molecular flexibility index (Phi) is 8.54. The van der Waals surface area contributed by atoms with Gasteiger partial charge in [-0.25, -0.2) is 0 Å². The monoisotopic (exact) mass is 346 g/mol. The summed E-state index contributed by atoms with van der Waals surface area (Å²) in [7, 11) is 3.53. The summed E-state index contributed by atoms with van der Waals surface area (Å²) in [4.78, 5) is 12.5. The second kappa shape index (κ2) is 9.87. The summed E-state index contributed by atoms with van der Waals surface area (Å²) in [6.45, 7) is 5.06. The molecule has 0 saturated carbocycles. The second-order valence-corrected chi connectivity index (χ2v) is 5.80. The lowest BCUT2D eigenvalue weighted by Crippen LogP contribution is -2.41. The van der Waals surface area contributed by atoms with Crippen molar-refractivity contribution in [3.8, 4) is 0 Å². The van der Waals surface area contributed by atoms with Gasteiger partial charge in [0.05, 0.1) is 31.9 Å². The number of methoxy groups -OCH3 is 1. The van der Waals surface area contributed by atoms with E-state index in [9.17, 15) is 4.79 Å². The fourth-order valence-electron chi connectivity index (χ4n) is 2.73. The fourth-order valence-corrected chi connectivity index (χ4v) is 2.73. The first kappa shape index (κ1) is 19.9. The number of ether oxygens (including phenoxy) is 2. The Hall–Kier alpha value is -1.15. The summed E-state index contributed by atoms with van der Waals surface area (Å²) in [5.41, 5.74) is 1.11. The number of aryl methyl sites for hydroxylation is 1. The van der Waals surface area contributed by atoms with E-state index in [-0.39, 0.29) is 36.2 Å². The van der Waals surface area contributed by atoms with E-state index >= 15 is 0 Å². The van der Waals surface area contributed by atoms with Gasteiger partial charge in [0.15, 0.2) is 0 Å². The minimum absolute atomic E-state index is 0. The van der Waals surface area contributed by atoms with Crippen molar-refractivity contribution in [2.75, 3.05) is 40.0 Å². The minimum atomic E-state index is -0.0642. The number of hydrogen-bond donors (Lipinski definition) is 2. The van der Waals surface area contributed by atoms with Crippen LogP contribution in [-0.2, 0) is 21.3 Å². The predicted octanol–water partition coefficient (Wildman–Crippen LogP) is 0.313. The van der Waals surface area contributed by atoms with E-state index in [1.54, 1.807) is 11.8 Å². The summed E-state index contributed by atoms with van der Waals surface area (Å²) in [5, 5.41) is 10.5. The van der Waals surface area contributed by atoms with Gasteiger partial charge in [0, 0.05) is 45.4 Å². The molecule has 2 N–H and O–H groups in total. The molecule has 0 radical (unpaired) electrons. The Morgan fingerprint density at radius 2 is 2.30 bits per heavy atom. The quantitative estimate of drug-likeness (QED) is 0.663. The molecule has 0 aliphatic carbocycles. The van der Waals surface area contributed by atoms with Crippen molar-refractivity contribution in [2.24, 2.45) is 13.0 Å². The number of nitrogens with zero attached hydrogens (tertiary/aromatic N) is 2. The van der Waals surface area contributed by atoms with Crippen LogP contribution in [0.5, 0.6) is 0 Å². The molecule has 7 nitrogen and oxygen atoms in total. The Labute approximate surface area is 143 Å². The second-order valence-electron chi connectivity index (χ2n) is 5.80. The van der Waals surface area contributed by atoms with Crippen LogP contribution in [0.15, 0.2) is 12.4 Å². The summed E-state index contributed by atoms with van der Waals surface area (Å²) in [6.07, 6.45) is 3.82. The lowest BCUT2D eigenvalue weighted by molar-refractivity contribution is -0.125. The fraction of sp³-hybridized carbons (Fsp3) is 0.733. The Balaban J connectivity index is 0.00000264. The summed E-state index contributed by atoms with van der Waals surface area (Å²) in [6, 6.07) is -0.0143. The standard InChI is InChI=1S/C15H26N4O3.ClH/c1-11(10-22-5-4-21-3)18-15(20)14-8-16-7-13(14)12-6-17-19(2)9-12;/h6,9,11,13-14,16H,4-5,7-8,10H2,1-3H3,(H,18,20);1H/t11?,13-,14+;/m1./s1. The molecule has 1 saturated heterocycles. The Morgan fingerprint density at radius 3 is 2.96 bits per heavy atom. The first-order chi connectivity index (χ1) is 10.6. The van der Waals surface area contributed by atoms with Gasteiger partial charge in [0.1, 0.15) is 0 Å². The molecule has 0 spiro atoms. The molecule has 3 atom stereocenters. The number of nitrogens with one attached hydrogen (secondary N) is 2. The van der Waals surface area contributed by atoms with Crippen molar-refractivity contribution < 1.29 is 14.3 Å². The van der Waals surface area contributed by atoms with Gasteiger partial charge in [-0.05, 0) is 12.5 Å². The zero-order valence-corrected chi connectivity index (χ0v) is 14.8. The maximum absolute atomic E-state index is 12.5. The molecule has 1 aliphatic rings. The number of hydrogen-bond acceptors (Lipinski definition) is 5. The molecule has 8 heteroatoms. The average molecular weight is 347 g/mol. The molecule has 1 aromatic heterocycles. The van der Waals surface area contributed by atoms with Crippen LogP contribution in [0.25, 0.3) is 0 Å². The molecule has 1 unspecified atom stereocenters. The van der Waals surface area contributed by atoms with Gasteiger partial charge in [-0.15, -0.1) is 12.4 Å². The van der Waals surface area contributed by atoms with E-state index in [1.807, 2.05) is 26.4 Å². The highest BCUT2D eigenvalue weighted by Gasteiger charge is 2.35. The Morgan fingerprint density at radius 1 is 1.52 bits per heavy atom. The molecular formula is C15H27ClN4O3. The normalized spacial score (nSPS) is 21.7. The maximum Gasteiger partial charge on any atom is 0.225 e. The van der Waals surface area contributed by atoms with Crippen LogP contribution in [0.4, 0.5) is 0 Å². The number of carbonyl (C=O) groups is 1. The summed E-state index contributed by atoms with van der Waals surface area (Å²) in [5.74, 6) is 0.183. The molecular weight excluding hydrogens is 320 g/mol. The van der Waals surface area contributed by atoms with Gasteiger partial charge in [0.25, 0.3) is 0 Å². The van der Waals surface area contributed by atoms with E-state index in [2.05, 4.69) is 15.7 Å². The zero-order valence-electron chi connectivity index (χ0n) is 13.9. The van der Waals surface area contributed by atoms with Crippen LogP contribution in [0, 0.1) is 5.92 Å². The molecule has 2 rings (SSSR count). The largest absolute Gasteiger partial charge is 0.382 e. The summed E-state index contributed by atoms with van der Waals surface area (Å²) < 4.78 is 12.1. The van der Waals surface area contributed by atoms with Crippen LogP contribution in [-0.4, -0.2) is 61.7 Å². The number of aromatic nitrogens is 2. The molecule has 1 aromatic rings. The van der Waals surface area contributed by atoms with Crippen LogP contribution < -0.4 is 10.6 Å². The highest BCUT2D eigenvalue weighted by molar-refractivity contribution is 5.85. The Bertz CT molecular complexity index is 483. The summed E-state index contributed by atoms with van der Waals surface area (Å²) >= 11 is 0. The van der Waals surface area contributed by atoms with Crippen molar-refractivity contribution in [3.63, 3.8) is 0 Å². The first-order valence-electron chi connectivity index (χ1n) is 7.68. The third kappa shape index (κ3) is 5.76. The highest BCUT2D eigenvalue weighted by atomic mass is 35.5. The van der Waals surface area contributed by atoms with Gasteiger partial charge >= 0.3 is 0 Å². The molecule has 1 aliphatic heterocycles. The van der Waals surface area contributed by atoms with Crippen LogP contribution in [0.2, 0.25) is 0 Å². The van der Waals surface area contributed by atoms with Crippen molar-refractivity contribution in [3.05, 3.63) is 18.0 Å². The molecule has 23 heavy (non-hydrogen) atoms. The number of halogens is 1. The lowest BCUT2D eigenvalue weighted by Gasteiger charge is -2.20. The lowest BCUT2D eigenvalue weighted by atomic mass is 9.90. The average Bonchev–Trinajstić information content (AvgIpc) is 3.11. The van der Waals surface area contributed by atoms with Gasteiger partial charge < -0.3 is 20.1 Å². The van der Waals surface area contributed by atoms with Crippen LogP contribution >= 0.6 is 12.4 Å². The van der Waals surface area contributed by atoms with Crippen molar-refractivity contribution in [1.82, 2.24) is 20.4 Å². The minimum Gasteiger partial charge on any atom is -0.382 e. The van der Waals surface area contributed by atoms with Crippen molar-refractivity contribution >= 4 is 18.3 Å². The van der Waals surface area contributed by atoms with Gasteiger partial charge in [-0.1, -0.05) is 0 Å². The van der Waals surface area contributed by atoms with Gasteiger partial charge in [-0.3, -0.25) is 9.48 Å². The zero-order chi connectivity index (χ0) is 15.9. The maximum atomic E-state index is 12.5. The van der Waals surface area contributed by atoms with Crippen LogP contribution in [0.3, 0.4) is 0 Å². The molecule has 1 amide bonds.